The second-order valence-electron chi connectivity index (χ2n) is 8.10. The van der Waals surface area contributed by atoms with Gasteiger partial charge >= 0.3 is 12.1 Å². The van der Waals surface area contributed by atoms with Crippen LogP contribution in [0.15, 0.2) is 53.5 Å². The zero-order valence-corrected chi connectivity index (χ0v) is 17.9. The lowest BCUT2D eigenvalue weighted by Gasteiger charge is -2.29. The molecule has 2 rings (SSSR count). The summed E-state index contributed by atoms with van der Waals surface area (Å²) in [5.41, 5.74) is 1.30. The molecule has 0 aliphatic heterocycles. The predicted octanol–water partition coefficient (Wildman–Crippen LogP) is 5.74. The topological polar surface area (TPSA) is 41.9 Å². The second kappa shape index (κ2) is 9.32. The summed E-state index contributed by atoms with van der Waals surface area (Å²) in [7, 11) is 0. The van der Waals surface area contributed by atoms with Gasteiger partial charge in [0.1, 0.15) is 12.1 Å². The molecule has 0 aliphatic carbocycles. The molecule has 0 spiro atoms. The number of hydrogen-bond acceptors (Lipinski definition) is 3. The number of hydrogen-bond donors (Lipinski definition) is 0. The maximum absolute atomic E-state index is 14.1. The van der Waals surface area contributed by atoms with Gasteiger partial charge < -0.3 is 9.64 Å². The number of benzene rings is 2. The van der Waals surface area contributed by atoms with Crippen molar-refractivity contribution in [2.24, 2.45) is 4.99 Å². The van der Waals surface area contributed by atoms with Crippen LogP contribution in [0.2, 0.25) is 0 Å². The lowest BCUT2D eigenvalue weighted by atomic mass is 10.1. The summed E-state index contributed by atoms with van der Waals surface area (Å²) in [4.78, 5) is 17.3. The van der Waals surface area contributed by atoms with Gasteiger partial charge in [-0.2, -0.15) is 13.2 Å². The van der Waals surface area contributed by atoms with Gasteiger partial charge in [-0.05, 0) is 51.3 Å². The van der Waals surface area contributed by atoms with Gasteiger partial charge in [-0.25, -0.2) is 4.99 Å². The lowest BCUT2D eigenvalue weighted by Crippen LogP contribution is -2.44. The number of carbonyl (C=O) groups excluding carboxylic acids is 1. The van der Waals surface area contributed by atoms with Crippen molar-refractivity contribution in [3.8, 4) is 0 Å². The molecule has 0 fully saturated rings. The molecule has 30 heavy (non-hydrogen) atoms. The Hall–Kier alpha value is -2.83. The van der Waals surface area contributed by atoms with Crippen molar-refractivity contribution < 1.29 is 22.7 Å². The predicted molar refractivity (Wildman–Crippen MR) is 112 cm³/mol. The van der Waals surface area contributed by atoms with E-state index in [1.807, 2.05) is 0 Å². The molecule has 4 nitrogen and oxygen atoms in total. The van der Waals surface area contributed by atoms with Crippen LogP contribution in [0.3, 0.4) is 0 Å². The fourth-order valence-electron chi connectivity index (χ4n) is 2.94. The van der Waals surface area contributed by atoms with Crippen LogP contribution in [0.4, 0.5) is 18.9 Å². The van der Waals surface area contributed by atoms with Gasteiger partial charge in [0.2, 0.25) is 5.84 Å². The van der Waals surface area contributed by atoms with Crippen LogP contribution >= 0.6 is 0 Å². The minimum Gasteiger partial charge on any atom is -0.459 e. The third-order valence-corrected chi connectivity index (χ3v) is 4.17. The largest absolute Gasteiger partial charge is 0.459 e. The van der Waals surface area contributed by atoms with Crippen LogP contribution < -0.4 is 0 Å². The van der Waals surface area contributed by atoms with E-state index in [0.29, 0.717) is 16.7 Å². The number of amidine groups is 1. The Morgan fingerprint density at radius 1 is 0.967 bits per heavy atom. The summed E-state index contributed by atoms with van der Waals surface area (Å²) in [6, 6.07) is 13.8. The molecule has 0 bridgehead atoms. The Morgan fingerprint density at radius 2 is 1.53 bits per heavy atom. The fraction of sp³-hybridized carbons (Fsp3) is 0.391. The van der Waals surface area contributed by atoms with E-state index in [2.05, 4.69) is 4.99 Å². The van der Waals surface area contributed by atoms with E-state index in [4.69, 9.17) is 4.74 Å². The van der Waals surface area contributed by atoms with Crippen molar-refractivity contribution in [3.63, 3.8) is 0 Å². The second-order valence-corrected chi connectivity index (χ2v) is 8.10. The zero-order valence-electron chi connectivity index (χ0n) is 17.9. The first-order chi connectivity index (χ1) is 13.9. The molecule has 7 heteroatoms. The molecule has 0 saturated heterocycles. The van der Waals surface area contributed by atoms with E-state index in [-0.39, 0.29) is 12.2 Å². The first-order valence-corrected chi connectivity index (χ1v) is 9.59. The van der Waals surface area contributed by atoms with E-state index in [1.165, 1.54) is 0 Å². The molecule has 2 aromatic carbocycles. The molecule has 0 amide bonds. The molecule has 0 saturated carbocycles. The molecule has 0 heterocycles. The van der Waals surface area contributed by atoms with Crippen LogP contribution in [0.25, 0.3) is 0 Å². The minimum atomic E-state index is -4.76. The average molecular weight is 420 g/mol. The molecule has 162 valence electrons. The summed E-state index contributed by atoms with van der Waals surface area (Å²) >= 11 is 0. The quantitative estimate of drug-likeness (QED) is 0.352. The Balaban J connectivity index is 2.52. The summed E-state index contributed by atoms with van der Waals surface area (Å²) < 4.78 is 47.5. The van der Waals surface area contributed by atoms with E-state index >= 15 is 0 Å². The van der Waals surface area contributed by atoms with Crippen molar-refractivity contribution in [2.75, 3.05) is 6.54 Å². The van der Waals surface area contributed by atoms with E-state index < -0.39 is 30.1 Å². The van der Waals surface area contributed by atoms with E-state index in [9.17, 15) is 18.0 Å². The summed E-state index contributed by atoms with van der Waals surface area (Å²) in [5.74, 6) is -1.88. The summed E-state index contributed by atoms with van der Waals surface area (Å²) in [6.07, 6.45) is -4.76. The molecule has 0 atom stereocenters. The minimum absolute atomic E-state index is 0.136. The van der Waals surface area contributed by atoms with Crippen molar-refractivity contribution in [3.05, 3.63) is 65.2 Å². The van der Waals surface area contributed by atoms with Gasteiger partial charge in [0.15, 0.2) is 0 Å². The van der Waals surface area contributed by atoms with E-state index in [1.54, 1.807) is 83.1 Å². The maximum Gasteiger partial charge on any atom is 0.449 e. The van der Waals surface area contributed by atoms with Gasteiger partial charge in [0.25, 0.3) is 0 Å². The Bertz CT molecular complexity index is 881. The average Bonchev–Trinajstić information content (AvgIpc) is 2.59. The number of para-hydroxylation sites is 1. The Kier molecular flexibility index (Phi) is 7.29. The van der Waals surface area contributed by atoms with Gasteiger partial charge in [-0.1, -0.05) is 48.5 Å². The normalized spacial score (nSPS) is 12.6. The maximum atomic E-state index is 14.1. The standard InChI is InChI=1S/C23H27F3N2O2/c1-16-10-9-11-17(2)20(16)27-21(23(24,25)26)28(14-18-12-7-6-8-13-18)15-19(29)30-22(3,4)5/h6-13H,14-15H2,1-5H3. The monoisotopic (exact) mass is 420 g/mol. The van der Waals surface area contributed by atoms with Crippen LogP contribution in [0.1, 0.15) is 37.5 Å². The number of alkyl halides is 3. The summed E-state index contributed by atoms with van der Waals surface area (Å²) in [5, 5.41) is 0. The van der Waals surface area contributed by atoms with E-state index in [0.717, 1.165) is 4.90 Å². The van der Waals surface area contributed by atoms with Crippen molar-refractivity contribution >= 4 is 17.5 Å². The van der Waals surface area contributed by atoms with Crippen molar-refractivity contribution in [2.45, 2.75) is 52.9 Å². The lowest BCUT2D eigenvalue weighted by molar-refractivity contribution is -0.155. The Morgan fingerprint density at radius 3 is 2.03 bits per heavy atom. The number of nitrogens with zero attached hydrogens (tertiary/aromatic N) is 2. The van der Waals surface area contributed by atoms with Crippen LogP contribution in [-0.4, -0.2) is 35.0 Å². The highest BCUT2D eigenvalue weighted by molar-refractivity contribution is 5.92. The highest BCUT2D eigenvalue weighted by atomic mass is 19.4. The van der Waals surface area contributed by atoms with Gasteiger partial charge in [-0.3, -0.25) is 4.79 Å². The molecular formula is C23H27F3N2O2. The highest BCUT2D eigenvalue weighted by Gasteiger charge is 2.41. The van der Waals surface area contributed by atoms with Gasteiger partial charge in [-0.15, -0.1) is 0 Å². The number of halogens is 3. The number of carbonyl (C=O) groups is 1. The molecule has 0 unspecified atom stereocenters. The molecule has 0 radical (unpaired) electrons. The molecule has 0 aliphatic rings. The highest BCUT2D eigenvalue weighted by Crippen LogP contribution is 2.29. The number of rotatable bonds is 5. The van der Waals surface area contributed by atoms with Crippen molar-refractivity contribution in [1.82, 2.24) is 4.90 Å². The number of esters is 1. The Labute approximate surface area is 175 Å². The van der Waals surface area contributed by atoms with Crippen LogP contribution in [0, 0.1) is 13.8 Å². The van der Waals surface area contributed by atoms with Gasteiger partial charge in [0, 0.05) is 6.54 Å². The molecule has 2 aromatic rings. The first kappa shape index (κ1) is 23.4. The fourth-order valence-corrected chi connectivity index (χ4v) is 2.94. The number of aryl methyl sites for hydroxylation is 2. The van der Waals surface area contributed by atoms with Crippen molar-refractivity contribution in [1.29, 1.82) is 0 Å². The first-order valence-electron chi connectivity index (χ1n) is 9.59. The van der Waals surface area contributed by atoms with Crippen LogP contribution in [0.5, 0.6) is 0 Å². The number of aliphatic imine (C=N–C) groups is 1. The van der Waals surface area contributed by atoms with Gasteiger partial charge in [0.05, 0.1) is 5.69 Å². The smallest absolute Gasteiger partial charge is 0.449 e. The third-order valence-electron chi connectivity index (χ3n) is 4.17. The number of ether oxygens (including phenoxy) is 1. The van der Waals surface area contributed by atoms with Crippen LogP contribution in [-0.2, 0) is 16.1 Å². The SMILES string of the molecule is Cc1cccc(C)c1N=C(N(CC(=O)OC(C)(C)C)Cc1ccccc1)C(F)(F)F. The molecule has 0 aromatic heterocycles. The molecule has 0 N–H and O–H groups in total. The molecular weight excluding hydrogens is 393 g/mol. The summed E-state index contributed by atoms with van der Waals surface area (Å²) in [6.45, 7) is 7.70. The zero-order chi connectivity index (χ0) is 22.5. The third kappa shape index (κ3) is 6.90.